The molecule has 0 radical (unpaired) electrons. The largest absolute Gasteiger partial charge is 0.497 e. The number of methoxy groups -OCH3 is 2. The zero-order valence-corrected chi connectivity index (χ0v) is 18.9. The average molecular weight is 448 g/mol. The molecule has 4 rings (SSSR count). The third-order valence-corrected chi connectivity index (χ3v) is 6.06. The molecule has 1 N–H and O–H groups in total. The number of aliphatic carboxylic acids is 1. The molecule has 1 heterocycles. The molecule has 1 aliphatic heterocycles. The molecule has 0 amide bonds. The van der Waals surface area contributed by atoms with Crippen LogP contribution >= 0.6 is 0 Å². The van der Waals surface area contributed by atoms with Crippen LogP contribution in [0.5, 0.6) is 17.2 Å². The third-order valence-electron chi connectivity index (χ3n) is 6.06. The molecular formula is C27H29NO5. The zero-order chi connectivity index (χ0) is 23.2. The highest BCUT2D eigenvalue weighted by molar-refractivity contribution is 5.74. The molecule has 2 atom stereocenters. The minimum atomic E-state index is -0.796. The number of hydrogen-bond acceptors (Lipinski definition) is 5. The minimum Gasteiger partial charge on any atom is -0.497 e. The number of rotatable bonds is 9. The van der Waals surface area contributed by atoms with Gasteiger partial charge in [-0.1, -0.05) is 48.5 Å². The van der Waals surface area contributed by atoms with Gasteiger partial charge >= 0.3 is 5.97 Å². The van der Waals surface area contributed by atoms with Gasteiger partial charge in [-0.15, -0.1) is 0 Å². The van der Waals surface area contributed by atoms with Gasteiger partial charge in [0.15, 0.2) is 11.5 Å². The Kier molecular flexibility index (Phi) is 7.15. The van der Waals surface area contributed by atoms with Crippen molar-refractivity contribution in [2.24, 2.45) is 0 Å². The summed E-state index contributed by atoms with van der Waals surface area (Å²) < 4.78 is 17.1. The van der Waals surface area contributed by atoms with Crippen molar-refractivity contribution < 1.29 is 24.1 Å². The van der Waals surface area contributed by atoms with E-state index >= 15 is 0 Å². The van der Waals surface area contributed by atoms with Crippen LogP contribution in [0.25, 0.3) is 0 Å². The van der Waals surface area contributed by atoms with Crippen LogP contribution in [0.15, 0.2) is 72.8 Å². The van der Waals surface area contributed by atoms with Crippen molar-refractivity contribution in [1.82, 2.24) is 4.90 Å². The van der Waals surface area contributed by atoms with Crippen molar-refractivity contribution in [3.63, 3.8) is 0 Å². The van der Waals surface area contributed by atoms with Gasteiger partial charge in [0.2, 0.25) is 0 Å². The number of ether oxygens (including phenoxy) is 3. The molecule has 0 aliphatic carbocycles. The fourth-order valence-electron chi connectivity index (χ4n) is 4.46. The van der Waals surface area contributed by atoms with Crippen molar-refractivity contribution >= 4 is 5.97 Å². The Bertz CT molecular complexity index is 1080. The minimum absolute atomic E-state index is 0.249. The summed E-state index contributed by atoms with van der Waals surface area (Å²) in [6.07, 6.45) is 1.47. The maximum atomic E-state index is 12.0. The maximum absolute atomic E-state index is 12.0. The van der Waals surface area contributed by atoms with E-state index in [9.17, 15) is 9.90 Å². The fraction of sp³-hybridized carbons (Fsp3) is 0.296. The van der Waals surface area contributed by atoms with Gasteiger partial charge in [0.1, 0.15) is 18.4 Å². The Morgan fingerprint density at radius 1 is 0.970 bits per heavy atom. The second-order valence-corrected chi connectivity index (χ2v) is 8.10. The molecule has 172 valence electrons. The number of carboxylic acids is 1. The van der Waals surface area contributed by atoms with Gasteiger partial charge in [0.25, 0.3) is 0 Å². The van der Waals surface area contributed by atoms with Crippen molar-refractivity contribution in [2.75, 3.05) is 20.8 Å². The number of likely N-dealkylation sites (tertiary alicyclic amines) is 1. The van der Waals surface area contributed by atoms with Crippen LogP contribution < -0.4 is 14.2 Å². The normalized spacial score (nSPS) is 16.8. The summed E-state index contributed by atoms with van der Waals surface area (Å²) in [7, 11) is 3.25. The number of carbonyl (C=O) groups is 1. The summed E-state index contributed by atoms with van der Waals surface area (Å²) in [5.74, 6) is 1.20. The first-order valence-corrected chi connectivity index (χ1v) is 11.1. The van der Waals surface area contributed by atoms with Crippen molar-refractivity contribution in [3.8, 4) is 17.2 Å². The van der Waals surface area contributed by atoms with Gasteiger partial charge in [0.05, 0.1) is 20.3 Å². The maximum Gasteiger partial charge on any atom is 0.320 e. The molecule has 6 heteroatoms. The first-order valence-electron chi connectivity index (χ1n) is 11.1. The smallest absolute Gasteiger partial charge is 0.320 e. The molecule has 1 fully saturated rings. The molecule has 0 aromatic heterocycles. The highest BCUT2D eigenvalue weighted by Gasteiger charge is 2.37. The van der Waals surface area contributed by atoms with Crippen LogP contribution in [0.2, 0.25) is 0 Å². The molecule has 1 saturated heterocycles. The van der Waals surface area contributed by atoms with Crippen molar-refractivity contribution in [3.05, 3.63) is 89.5 Å². The van der Waals surface area contributed by atoms with E-state index in [1.165, 1.54) is 0 Å². The predicted molar refractivity (Wildman–Crippen MR) is 126 cm³/mol. The Morgan fingerprint density at radius 3 is 2.48 bits per heavy atom. The molecule has 0 bridgehead atoms. The lowest BCUT2D eigenvalue weighted by atomic mass is 9.95. The van der Waals surface area contributed by atoms with Crippen LogP contribution in [-0.4, -0.2) is 42.8 Å². The summed E-state index contributed by atoms with van der Waals surface area (Å²) in [5.41, 5.74) is 2.99. The predicted octanol–water partition coefficient (Wildman–Crippen LogP) is 4.92. The molecule has 33 heavy (non-hydrogen) atoms. The lowest BCUT2D eigenvalue weighted by Crippen LogP contribution is -2.39. The van der Waals surface area contributed by atoms with Crippen LogP contribution in [0.3, 0.4) is 0 Å². The second-order valence-electron chi connectivity index (χ2n) is 8.10. The molecule has 3 aromatic carbocycles. The zero-order valence-electron chi connectivity index (χ0n) is 18.9. The SMILES string of the molecule is COc1cccc(C(c2ccc(OCc3ccccc3)c(OC)c2)N2CCCC2C(=O)O)c1. The van der Waals surface area contributed by atoms with Gasteiger partial charge in [-0.25, -0.2) is 0 Å². The molecule has 2 unspecified atom stereocenters. The highest BCUT2D eigenvalue weighted by Crippen LogP contribution is 2.39. The summed E-state index contributed by atoms with van der Waals surface area (Å²) in [6, 6.07) is 22.8. The first-order chi connectivity index (χ1) is 16.1. The Balaban J connectivity index is 1.69. The van der Waals surface area contributed by atoms with E-state index in [0.29, 0.717) is 31.1 Å². The van der Waals surface area contributed by atoms with Crippen LogP contribution in [-0.2, 0) is 11.4 Å². The highest BCUT2D eigenvalue weighted by atomic mass is 16.5. The fourth-order valence-corrected chi connectivity index (χ4v) is 4.46. The lowest BCUT2D eigenvalue weighted by molar-refractivity contribution is -0.142. The summed E-state index contributed by atoms with van der Waals surface area (Å²) in [4.78, 5) is 14.0. The Labute approximate surface area is 194 Å². The van der Waals surface area contributed by atoms with Gasteiger partial charge < -0.3 is 19.3 Å². The summed E-state index contributed by atoms with van der Waals surface area (Å²) in [5, 5.41) is 9.84. The Hall–Kier alpha value is -3.51. The van der Waals surface area contributed by atoms with E-state index < -0.39 is 12.0 Å². The van der Waals surface area contributed by atoms with Crippen molar-refractivity contribution in [2.45, 2.75) is 31.5 Å². The van der Waals surface area contributed by atoms with E-state index in [-0.39, 0.29) is 6.04 Å². The van der Waals surface area contributed by atoms with Gasteiger partial charge in [-0.05, 0) is 53.8 Å². The molecule has 6 nitrogen and oxygen atoms in total. The second kappa shape index (κ2) is 10.4. The quantitative estimate of drug-likeness (QED) is 0.502. The number of carboxylic acid groups (broad SMARTS) is 1. The van der Waals surface area contributed by atoms with Gasteiger partial charge in [-0.3, -0.25) is 9.69 Å². The van der Waals surface area contributed by atoms with Crippen LogP contribution in [0, 0.1) is 0 Å². The Morgan fingerprint density at radius 2 is 1.76 bits per heavy atom. The van der Waals surface area contributed by atoms with E-state index in [0.717, 1.165) is 28.9 Å². The van der Waals surface area contributed by atoms with E-state index in [1.807, 2.05) is 72.8 Å². The topological polar surface area (TPSA) is 68.2 Å². The van der Waals surface area contributed by atoms with E-state index in [2.05, 4.69) is 4.90 Å². The van der Waals surface area contributed by atoms with Gasteiger partial charge in [0, 0.05) is 6.54 Å². The molecular weight excluding hydrogens is 418 g/mol. The molecule has 0 saturated carbocycles. The standard InChI is InChI=1S/C27H29NO5/c1-31-22-11-6-10-20(16-22)26(28-15-7-12-23(28)27(29)30)21-13-14-24(25(17-21)32-2)33-18-19-8-4-3-5-9-19/h3-6,8-11,13-14,16-17,23,26H,7,12,15,18H2,1-2H3,(H,29,30). The number of hydrogen-bond donors (Lipinski definition) is 1. The summed E-state index contributed by atoms with van der Waals surface area (Å²) >= 11 is 0. The van der Waals surface area contributed by atoms with Crippen molar-refractivity contribution in [1.29, 1.82) is 0 Å². The summed E-state index contributed by atoms with van der Waals surface area (Å²) in [6.45, 7) is 1.14. The van der Waals surface area contributed by atoms with E-state index in [4.69, 9.17) is 14.2 Å². The van der Waals surface area contributed by atoms with Gasteiger partial charge in [-0.2, -0.15) is 0 Å². The van der Waals surface area contributed by atoms with Crippen LogP contribution in [0.1, 0.15) is 35.6 Å². The van der Waals surface area contributed by atoms with Crippen LogP contribution in [0.4, 0.5) is 0 Å². The monoisotopic (exact) mass is 447 g/mol. The third kappa shape index (κ3) is 5.12. The number of nitrogens with zero attached hydrogens (tertiary/aromatic N) is 1. The van der Waals surface area contributed by atoms with E-state index in [1.54, 1.807) is 14.2 Å². The first kappa shape index (κ1) is 22.7. The average Bonchev–Trinajstić information content (AvgIpc) is 3.34. The lowest BCUT2D eigenvalue weighted by Gasteiger charge is -2.32. The molecule has 3 aromatic rings. The molecule has 1 aliphatic rings. The molecule has 0 spiro atoms. The number of benzene rings is 3.